The molecule has 1 aliphatic rings. The number of benzene rings is 1. The number of ether oxygens (including phenoxy) is 5. The van der Waals surface area contributed by atoms with Gasteiger partial charge in [0.25, 0.3) is 0 Å². The van der Waals surface area contributed by atoms with Crippen LogP contribution >= 0.6 is 7.37 Å². The molecule has 1 atom stereocenters. The van der Waals surface area contributed by atoms with Crippen LogP contribution in [0.4, 0.5) is 0 Å². The Morgan fingerprint density at radius 1 is 0.909 bits per heavy atom. The van der Waals surface area contributed by atoms with Gasteiger partial charge in [0.2, 0.25) is 17.2 Å². The molecule has 0 aliphatic carbocycles. The van der Waals surface area contributed by atoms with Crippen molar-refractivity contribution in [3.8, 4) is 0 Å². The third kappa shape index (κ3) is 9.33. The number of hydrogen-bond donors (Lipinski definition) is 2. The van der Waals surface area contributed by atoms with Crippen LogP contribution in [-0.2, 0) is 47.7 Å². The van der Waals surface area contributed by atoms with Gasteiger partial charge in [-0.15, -0.1) is 0 Å². The van der Waals surface area contributed by atoms with Crippen molar-refractivity contribution in [2.24, 2.45) is 0 Å². The Balaban J connectivity index is 1.53. The number of aliphatic carboxylic acids is 1. The molecule has 0 saturated heterocycles. The van der Waals surface area contributed by atoms with Gasteiger partial charge < -0.3 is 33.7 Å². The second-order valence-corrected chi connectivity index (χ2v) is 10.9. The minimum absolute atomic E-state index is 0.0188. The Hall–Kier alpha value is -2.12. The average Bonchev–Trinajstić information content (AvgIpc) is 3.01. The Kier molecular flexibility index (Phi) is 10.6. The molecule has 0 radical (unpaired) electrons. The number of carbonyl (C=O) groups excluding carboxylic acids is 1. The minimum atomic E-state index is -3.71. The van der Waals surface area contributed by atoms with Gasteiger partial charge in [0, 0.05) is 0 Å². The quantitative estimate of drug-likeness (QED) is 0.182. The van der Waals surface area contributed by atoms with E-state index in [2.05, 4.69) is 0 Å². The highest BCUT2D eigenvalue weighted by molar-refractivity contribution is 7.95. The lowest BCUT2D eigenvalue weighted by molar-refractivity contribution is -0.148. The molecule has 0 fully saturated rings. The van der Waals surface area contributed by atoms with Gasteiger partial charge in [0.15, 0.2) is 0 Å². The lowest BCUT2D eigenvalue weighted by Gasteiger charge is -2.12. The fourth-order valence-electron chi connectivity index (χ4n) is 2.55. The van der Waals surface area contributed by atoms with Crippen LogP contribution in [0.1, 0.15) is 5.56 Å². The molecule has 14 heteroatoms. The van der Waals surface area contributed by atoms with E-state index >= 15 is 0 Å². The second kappa shape index (κ2) is 12.9. The predicted molar refractivity (Wildman–Crippen MR) is 113 cm³/mol. The van der Waals surface area contributed by atoms with Crippen molar-refractivity contribution in [3.05, 3.63) is 34.7 Å². The summed E-state index contributed by atoms with van der Waals surface area (Å²) >= 11 is 0. The van der Waals surface area contributed by atoms with Crippen molar-refractivity contribution in [3.63, 3.8) is 0 Å². The molecule has 2 N–H and O–H groups in total. The second-order valence-electron chi connectivity index (χ2n) is 6.73. The molecular weight excluding hydrogens is 483 g/mol. The van der Waals surface area contributed by atoms with Crippen LogP contribution in [0.15, 0.2) is 34.1 Å². The smallest absolute Gasteiger partial charge is 0.332 e. The number of carboxylic acids is 1. The first-order valence-electron chi connectivity index (χ1n) is 9.66. The molecule has 1 heterocycles. The fourth-order valence-corrected chi connectivity index (χ4v) is 4.93. The Labute approximate surface area is 190 Å². The van der Waals surface area contributed by atoms with Crippen LogP contribution < -0.4 is 0 Å². The van der Waals surface area contributed by atoms with E-state index in [0.717, 1.165) is 0 Å². The van der Waals surface area contributed by atoms with Crippen LogP contribution in [0, 0.1) is 0 Å². The number of fused-ring (bicyclic) bond motifs is 1. The zero-order valence-corrected chi connectivity index (χ0v) is 19.3. The first-order chi connectivity index (χ1) is 15.6. The van der Waals surface area contributed by atoms with Crippen LogP contribution in [0.25, 0.3) is 6.08 Å². The molecule has 1 aliphatic heterocycles. The fraction of sp³-hybridized carbons (Fsp3) is 0.474. The standard InChI is InChI=1S/C19H25O12PS/c20-18(21)11-27-5-7-29-13-32(23,24)14-30-8-6-28-12-19(22)31-10-16-9-15-3-1-2-4-17(15)33(16,25)26/h1-4,9H,5-8,10-14H2,(H,20,21)(H,23,24). The molecule has 0 bridgehead atoms. The van der Waals surface area contributed by atoms with Crippen molar-refractivity contribution >= 4 is 35.2 Å². The average molecular weight is 508 g/mol. The van der Waals surface area contributed by atoms with Crippen molar-refractivity contribution in [2.45, 2.75) is 4.90 Å². The zero-order chi connectivity index (χ0) is 24.3. The summed E-state index contributed by atoms with van der Waals surface area (Å²) in [4.78, 5) is 31.8. The van der Waals surface area contributed by atoms with E-state index in [-0.39, 0.29) is 36.2 Å². The molecule has 0 spiro atoms. The highest BCUT2D eigenvalue weighted by Crippen LogP contribution is 2.40. The van der Waals surface area contributed by atoms with Gasteiger partial charge in [-0.1, -0.05) is 18.2 Å². The Morgan fingerprint density at radius 2 is 1.48 bits per heavy atom. The van der Waals surface area contributed by atoms with Crippen molar-refractivity contribution < 1.29 is 56.3 Å². The zero-order valence-electron chi connectivity index (χ0n) is 17.6. The molecule has 33 heavy (non-hydrogen) atoms. The molecule has 1 aromatic rings. The van der Waals surface area contributed by atoms with Crippen LogP contribution in [0.5, 0.6) is 0 Å². The Bertz CT molecular complexity index is 1000. The summed E-state index contributed by atoms with van der Waals surface area (Å²) in [6.07, 6.45) is 0.467. The lowest BCUT2D eigenvalue weighted by Crippen LogP contribution is -2.18. The van der Waals surface area contributed by atoms with Gasteiger partial charge in [0.1, 0.15) is 32.5 Å². The molecule has 1 aromatic carbocycles. The summed E-state index contributed by atoms with van der Waals surface area (Å²) in [5, 5.41) is 8.38. The highest BCUT2D eigenvalue weighted by Gasteiger charge is 2.29. The summed E-state index contributed by atoms with van der Waals surface area (Å²) in [7, 11) is -7.39. The van der Waals surface area contributed by atoms with Crippen LogP contribution in [0.2, 0.25) is 0 Å². The summed E-state index contributed by atoms with van der Waals surface area (Å²) in [5.41, 5.74) is 0.537. The molecular formula is C19H25O12PS. The largest absolute Gasteiger partial charge is 0.480 e. The van der Waals surface area contributed by atoms with E-state index in [1.807, 2.05) is 0 Å². The number of hydrogen-bond acceptors (Lipinski definition) is 10. The van der Waals surface area contributed by atoms with E-state index in [1.165, 1.54) is 12.1 Å². The first kappa shape index (κ1) is 27.1. The van der Waals surface area contributed by atoms with Gasteiger partial charge in [0.05, 0.1) is 36.2 Å². The summed E-state index contributed by atoms with van der Waals surface area (Å²) in [6.45, 7) is -1.56. The number of carboxylic acid groups (broad SMARTS) is 1. The Morgan fingerprint density at radius 3 is 2.09 bits per heavy atom. The monoisotopic (exact) mass is 508 g/mol. The maximum atomic E-state index is 12.4. The van der Waals surface area contributed by atoms with Crippen molar-refractivity contribution in [1.29, 1.82) is 0 Å². The molecule has 1 unspecified atom stereocenters. The number of carbonyl (C=O) groups is 2. The topological polar surface area (TPSA) is 172 Å². The third-order valence-electron chi connectivity index (χ3n) is 4.02. The number of esters is 1. The van der Waals surface area contributed by atoms with Gasteiger partial charge in [-0.25, -0.2) is 18.0 Å². The predicted octanol–water partition coefficient (Wildman–Crippen LogP) is 0.694. The van der Waals surface area contributed by atoms with Crippen LogP contribution in [0.3, 0.4) is 0 Å². The lowest BCUT2D eigenvalue weighted by atomic mass is 10.2. The maximum Gasteiger partial charge on any atom is 0.332 e. The van der Waals surface area contributed by atoms with Gasteiger partial charge in [-0.2, -0.15) is 0 Å². The number of sulfone groups is 1. The SMILES string of the molecule is O=C(O)COCCOCP(=O)(O)COCCOCC(=O)OCC1=Cc2ccccc2S1(=O)=O. The highest BCUT2D eigenvalue weighted by atomic mass is 32.2. The molecule has 184 valence electrons. The van der Waals surface area contributed by atoms with E-state index in [1.54, 1.807) is 18.2 Å². The van der Waals surface area contributed by atoms with Crippen molar-refractivity contribution in [1.82, 2.24) is 0 Å². The molecule has 2 rings (SSSR count). The summed E-state index contributed by atoms with van der Waals surface area (Å²) in [6, 6.07) is 6.45. The van der Waals surface area contributed by atoms with E-state index in [9.17, 15) is 27.5 Å². The normalized spacial score (nSPS) is 16.0. The summed E-state index contributed by atoms with van der Waals surface area (Å²) in [5.74, 6) is -1.90. The molecule has 0 aromatic heterocycles. The van der Waals surface area contributed by atoms with E-state index < -0.39 is 61.7 Å². The van der Waals surface area contributed by atoms with E-state index in [0.29, 0.717) is 5.56 Å². The molecule has 0 amide bonds. The third-order valence-corrected chi connectivity index (χ3v) is 7.07. The maximum absolute atomic E-state index is 12.4. The minimum Gasteiger partial charge on any atom is -0.480 e. The molecule has 0 saturated carbocycles. The van der Waals surface area contributed by atoms with E-state index in [4.69, 9.17) is 28.8 Å². The number of rotatable bonds is 16. The van der Waals surface area contributed by atoms with Crippen LogP contribution in [-0.4, -0.2) is 89.3 Å². The first-order valence-corrected chi connectivity index (χ1v) is 13.2. The van der Waals surface area contributed by atoms with Gasteiger partial charge in [-0.3, -0.25) is 4.57 Å². The van der Waals surface area contributed by atoms with Gasteiger partial charge >= 0.3 is 11.9 Å². The molecule has 12 nitrogen and oxygen atoms in total. The van der Waals surface area contributed by atoms with Crippen molar-refractivity contribution in [2.75, 3.05) is 58.9 Å². The summed E-state index contributed by atoms with van der Waals surface area (Å²) < 4.78 is 61.2. The van der Waals surface area contributed by atoms with Gasteiger partial charge in [-0.05, 0) is 17.7 Å².